The molecule has 0 spiro atoms. The van der Waals surface area contributed by atoms with Gasteiger partial charge >= 0.3 is 0 Å². The first-order chi connectivity index (χ1) is 57.0. The third kappa shape index (κ3) is 12.9. The molecule has 0 bridgehead atoms. The van der Waals surface area contributed by atoms with Crippen molar-refractivity contribution >= 4 is 108 Å². The molecule has 0 unspecified atom stereocenters. The Morgan fingerprint density at radius 3 is 1.05 bits per heavy atom. The van der Waals surface area contributed by atoms with E-state index in [1.165, 1.54) is 109 Å². The van der Waals surface area contributed by atoms with Gasteiger partial charge in [-0.25, -0.2) is 0 Å². The molecule has 0 fully saturated rings. The Bertz CT molecular complexity index is 6320. The zero-order chi connectivity index (χ0) is 81.0. The van der Waals surface area contributed by atoms with Crippen LogP contribution in [0.4, 0.5) is 34.1 Å². The van der Waals surface area contributed by atoms with Crippen LogP contribution in [0.1, 0.15) is 128 Å². The molecule has 16 aromatic carbocycles. The molecular formula is C113H100BN3Si. The molecule has 17 aromatic rings. The van der Waals surface area contributed by atoms with Crippen molar-refractivity contribution in [2.24, 2.45) is 0 Å². The molecule has 0 amide bonds. The summed E-state index contributed by atoms with van der Waals surface area (Å²) in [7, 11) is -3.32. The molecule has 3 heterocycles. The van der Waals surface area contributed by atoms with Crippen molar-refractivity contribution in [2.45, 2.75) is 110 Å². The maximum atomic E-state index is 2.74. The second-order valence-corrected chi connectivity index (χ2v) is 40.7. The molecule has 0 saturated heterocycles. The summed E-state index contributed by atoms with van der Waals surface area (Å²) in [4.78, 5) is 5.38. The van der Waals surface area contributed by atoms with Gasteiger partial charge in [-0.15, -0.1) is 0 Å². The van der Waals surface area contributed by atoms with Crippen LogP contribution in [0.15, 0.2) is 388 Å². The van der Waals surface area contributed by atoms with Gasteiger partial charge < -0.3 is 14.4 Å². The van der Waals surface area contributed by atoms with E-state index in [2.05, 4.69) is 486 Å². The number of hydrogen-bond donors (Lipinski definition) is 0. The Balaban J connectivity index is 0.992. The van der Waals surface area contributed by atoms with E-state index in [0.717, 1.165) is 67.5 Å². The van der Waals surface area contributed by atoms with Crippen LogP contribution in [-0.2, 0) is 27.1 Å². The van der Waals surface area contributed by atoms with Crippen LogP contribution in [0.2, 0.25) is 0 Å². The first kappa shape index (κ1) is 75.3. The van der Waals surface area contributed by atoms with E-state index in [1.807, 2.05) is 0 Å². The number of anilines is 6. The molecule has 0 N–H and O–H groups in total. The predicted octanol–water partition coefficient (Wildman–Crippen LogP) is 24.8. The Labute approximate surface area is 699 Å². The summed E-state index contributed by atoms with van der Waals surface area (Å²) < 4.78 is 2.56. The van der Waals surface area contributed by atoms with E-state index in [9.17, 15) is 0 Å². The fourth-order valence-corrected chi connectivity index (χ4v) is 24.1. The summed E-state index contributed by atoms with van der Waals surface area (Å²) in [5.74, 6) is 0. The van der Waals surface area contributed by atoms with Crippen molar-refractivity contribution < 1.29 is 0 Å². The molecule has 2 aliphatic rings. The van der Waals surface area contributed by atoms with Crippen molar-refractivity contribution in [1.29, 1.82) is 0 Å². The van der Waals surface area contributed by atoms with Crippen molar-refractivity contribution in [3.8, 4) is 39.1 Å². The van der Waals surface area contributed by atoms with E-state index in [1.54, 1.807) is 0 Å². The molecule has 0 radical (unpaired) electrons. The molecule has 0 saturated carbocycles. The van der Waals surface area contributed by atoms with Gasteiger partial charge in [0.2, 0.25) is 0 Å². The minimum atomic E-state index is -3.32. The number of para-hydroxylation sites is 2. The Kier molecular flexibility index (Phi) is 18.6. The van der Waals surface area contributed by atoms with Crippen molar-refractivity contribution in [3.63, 3.8) is 0 Å². The van der Waals surface area contributed by atoms with E-state index in [4.69, 9.17) is 0 Å². The summed E-state index contributed by atoms with van der Waals surface area (Å²) in [6, 6.07) is 150. The van der Waals surface area contributed by atoms with Crippen LogP contribution >= 0.6 is 0 Å². The molecule has 574 valence electrons. The van der Waals surface area contributed by atoms with Crippen LogP contribution in [-0.4, -0.2) is 19.4 Å². The van der Waals surface area contributed by atoms with Crippen LogP contribution in [0.3, 0.4) is 0 Å². The molecule has 0 atom stereocenters. The molecular weight excluding hydrogens is 1440 g/mol. The second-order valence-electron chi connectivity index (χ2n) is 36.9. The fourth-order valence-electron chi connectivity index (χ4n) is 19.3. The van der Waals surface area contributed by atoms with Crippen LogP contribution < -0.4 is 46.9 Å². The highest BCUT2D eigenvalue weighted by Crippen LogP contribution is 2.52. The van der Waals surface area contributed by atoms with Gasteiger partial charge in [0.05, 0.1) is 22.1 Å². The summed E-state index contributed by atoms with van der Waals surface area (Å²) in [6.07, 6.45) is 0. The largest absolute Gasteiger partial charge is 0.311 e. The number of hydrogen-bond acceptors (Lipinski definition) is 2. The molecule has 5 heteroatoms. The quantitative estimate of drug-likeness (QED) is 0.0794. The van der Waals surface area contributed by atoms with Crippen LogP contribution in [0.5, 0.6) is 0 Å². The Morgan fingerprint density at radius 1 is 0.220 bits per heavy atom. The van der Waals surface area contributed by atoms with E-state index >= 15 is 0 Å². The Hall–Kier alpha value is -12.8. The van der Waals surface area contributed by atoms with Crippen LogP contribution in [0, 0.1) is 0 Å². The van der Waals surface area contributed by atoms with Gasteiger partial charge in [-0.3, -0.25) is 0 Å². The van der Waals surface area contributed by atoms with E-state index in [-0.39, 0.29) is 28.4 Å². The average Bonchev–Trinajstić information content (AvgIpc) is 0.878. The SMILES string of the molecule is CC(C)(C)c1cc(-c2ccc(N3c4ccc(-c5cc(C(C)(C)C)cc(C(C)(C)C)c5)cc4B4c5ccc(C(c6ccccc6)(c6ccccc6)c6ccccc6)cc5N(c5cc(-c6ccccc6)cc([Si](c6ccccc6)(c6ccccc6)c6ccccc6)c5)c5cc(-n6c7ccccc7c7ccccc76)cc3c54)cc2)cc(C(C)(C)C)c1. The number of fused-ring (bicyclic) bond motifs is 7. The molecule has 2 aliphatic heterocycles. The first-order valence-electron chi connectivity index (χ1n) is 42.1. The van der Waals surface area contributed by atoms with Gasteiger partial charge in [-0.1, -0.05) is 411 Å². The smallest absolute Gasteiger partial charge is 0.252 e. The van der Waals surface area contributed by atoms with Gasteiger partial charge in [-0.2, -0.15) is 0 Å². The third-order valence-electron chi connectivity index (χ3n) is 25.4. The summed E-state index contributed by atoms with van der Waals surface area (Å²) in [5, 5.41) is 7.61. The van der Waals surface area contributed by atoms with Crippen molar-refractivity contribution in [3.05, 3.63) is 433 Å². The summed E-state index contributed by atoms with van der Waals surface area (Å²) in [5.41, 5.74) is 29.6. The lowest BCUT2D eigenvalue weighted by Crippen LogP contribution is -2.74. The monoisotopic (exact) mass is 1540 g/mol. The highest BCUT2D eigenvalue weighted by molar-refractivity contribution is 7.20. The van der Waals surface area contributed by atoms with Crippen molar-refractivity contribution in [2.75, 3.05) is 9.80 Å². The number of aromatic nitrogens is 1. The maximum Gasteiger partial charge on any atom is 0.252 e. The molecule has 3 nitrogen and oxygen atoms in total. The summed E-state index contributed by atoms with van der Waals surface area (Å²) in [6.45, 7) is 27.9. The zero-order valence-corrected chi connectivity index (χ0v) is 70.9. The third-order valence-corrected chi connectivity index (χ3v) is 30.2. The minimum absolute atomic E-state index is 0.0598. The highest BCUT2D eigenvalue weighted by atomic mass is 28.3. The topological polar surface area (TPSA) is 11.4 Å². The minimum Gasteiger partial charge on any atom is -0.311 e. The second kappa shape index (κ2) is 29.1. The van der Waals surface area contributed by atoms with Gasteiger partial charge in [-0.05, 0) is 197 Å². The van der Waals surface area contributed by atoms with Gasteiger partial charge in [0.15, 0.2) is 8.07 Å². The van der Waals surface area contributed by atoms with E-state index < -0.39 is 13.5 Å². The standard InChI is InChI=1S/C113H100BN3Si/c1-109(2,3)87-64-80(65-88(71-87)110(4,5)6)78-56-60-91(61-57-78)115-104-63-58-79(81-66-89(111(7,8)9)72-90(67-81)112(10,11)12)70-101(104)114-100-62-59-86(113(83-40-22-14-23-41-83,84-42-24-15-25-43-84)85-44-26-16-27-45-85)73-105(100)117(107-76-93(75-106(115)108(107)114)116-102-54-36-34-52-98(102)99-53-35-37-55-103(99)116)92-68-82(77-38-20-13-21-39-77)69-97(74-92)118(94-46-28-17-29-47-94,95-48-30-18-31-49-95)96-50-32-19-33-51-96/h13-76H,1-12H3. The molecule has 0 aliphatic carbocycles. The fraction of sp³-hybridized carbons (Fsp3) is 0.150. The highest BCUT2D eigenvalue weighted by Gasteiger charge is 2.48. The lowest BCUT2D eigenvalue weighted by molar-refractivity contribution is 0.568. The van der Waals surface area contributed by atoms with Gasteiger partial charge in [0.1, 0.15) is 0 Å². The maximum absolute atomic E-state index is 3.32. The normalized spacial score (nSPS) is 13.0. The lowest BCUT2D eigenvalue weighted by atomic mass is 9.33. The van der Waals surface area contributed by atoms with Gasteiger partial charge in [0, 0.05) is 44.9 Å². The number of benzene rings is 16. The molecule has 19 rings (SSSR count). The lowest BCUT2D eigenvalue weighted by Gasteiger charge is -2.46. The van der Waals surface area contributed by atoms with Crippen molar-refractivity contribution in [1.82, 2.24) is 4.57 Å². The molecule has 1 aromatic heterocycles. The number of rotatable bonds is 14. The number of nitrogens with zero attached hydrogens (tertiary/aromatic N) is 3. The molecule has 118 heavy (non-hydrogen) atoms. The summed E-state index contributed by atoms with van der Waals surface area (Å²) >= 11 is 0. The average molecular weight is 1540 g/mol. The Morgan fingerprint density at radius 2 is 0.602 bits per heavy atom. The zero-order valence-electron chi connectivity index (χ0n) is 69.9. The van der Waals surface area contributed by atoms with Crippen LogP contribution in [0.25, 0.3) is 60.9 Å². The predicted molar refractivity (Wildman–Crippen MR) is 508 cm³/mol. The van der Waals surface area contributed by atoms with E-state index in [0.29, 0.717) is 0 Å². The first-order valence-corrected chi connectivity index (χ1v) is 44.1. The van der Waals surface area contributed by atoms with Gasteiger partial charge in [0.25, 0.3) is 6.71 Å².